The van der Waals surface area contributed by atoms with Crippen molar-refractivity contribution in [2.75, 3.05) is 17.7 Å². The van der Waals surface area contributed by atoms with Gasteiger partial charge in [-0.15, -0.1) is 16.7 Å². The Morgan fingerprint density at radius 1 is 1.28 bits per heavy atom. The van der Waals surface area contributed by atoms with E-state index in [1.807, 2.05) is 18.2 Å². The van der Waals surface area contributed by atoms with E-state index >= 15 is 0 Å². The van der Waals surface area contributed by atoms with E-state index < -0.39 is 0 Å². The molecule has 0 saturated carbocycles. The monoisotopic (exact) mass is 263 g/mol. The molecule has 0 aliphatic rings. The van der Waals surface area contributed by atoms with Crippen LogP contribution in [0.3, 0.4) is 0 Å². The first-order chi connectivity index (χ1) is 8.62. The molecule has 0 spiro atoms. The summed E-state index contributed by atoms with van der Waals surface area (Å²) in [4.78, 5) is 0. The Balaban J connectivity index is 2.17. The van der Waals surface area contributed by atoms with Crippen LogP contribution in [0.2, 0.25) is 0 Å². The van der Waals surface area contributed by atoms with Gasteiger partial charge >= 0.3 is 0 Å². The van der Waals surface area contributed by atoms with Gasteiger partial charge in [-0.05, 0) is 11.8 Å². The van der Waals surface area contributed by atoms with Crippen LogP contribution in [-0.4, -0.2) is 22.6 Å². The Bertz CT molecular complexity index is 520. The molecule has 18 heavy (non-hydrogen) atoms. The lowest BCUT2D eigenvalue weighted by Gasteiger charge is -2.24. The zero-order valence-corrected chi connectivity index (χ0v) is 11.5. The first-order valence-corrected chi connectivity index (χ1v) is 6.66. The van der Waals surface area contributed by atoms with Crippen LogP contribution in [0.15, 0.2) is 30.5 Å². The van der Waals surface area contributed by atoms with Gasteiger partial charge in [0.25, 0.3) is 0 Å². The molecule has 96 valence electrons. The van der Waals surface area contributed by atoms with Gasteiger partial charge in [-0.1, -0.05) is 38.1 Å². The van der Waals surface area contributed by atoms with Crippen LogP contribution < -0.4 is 5.32 Å². The fourth-order valence-electron chi connectivity index (χ4n) is 1.83. The summed E-state index contributed by atoms with van der Waals surface area (Å²) in [6.07, 6.45) is 2.75. The van der Waals surface area contributed by atoms with Gasteiger partial charge in [0.1, 0.15) is 0 Å². The number of alkyl halides is 1. The summed E-state index contributed by atoms with van der Waals surface area (Å²) in [6, 6.07) is 8.12. The number of aromatic nitrogens is 2. The van der Waals surface area contributed by atoms with Crippen LogP contribution in [0, 0.1) is 5.41 Å². The van der Waals surface area contributed by atoms with Crippen molar-refractivity contribution in [2.24, 2.45) is 5.41 Å². The number of nitrogens with zero attached hydrogens (tertiary/aromatic N) is 2. The second kappa shape index (κ2) is 5.53. The fraction of sp³-hybridized carbons (Fsp3) is 0.429. The summed E-state index contributed by atoms with van der Waals surface area (Å²) in [5.41, 5.74) is 0.153. The number of hydrogen-bond donors (Lipinski definition) is 1. The molecule has 0 aliphatic heterocycles. The van der Waals surface area contributed by atoms with Gasteiger partial charge in [0.05, 0.1) is 6.20 Å². The predicted molar refractivity (Wildman–Crippen MR) is 77.1 cm³/mol. The minimum atomic E-state index is 0.153. The van der Waals surface area contributed by atoms with Crippen molar-refractivity contribution in [1.82, 2.24) is 10.2 Å². The maximum absolute atomic E-state index is 5.81. The average Bonchev–Trinajstić information content (AvgIpc) is 2.36. The van der Waals surface area contributed by atoms with Gasteiger partial charge < -0.3 is 5.32 Å². The highest BCUT2D eigenvalue weighted by atomic mass is 35.5. The second-order valence-electron chi connectivity index (χ2n) is 5.24. The summed E-state index contributed by atoms with van der Waals surface area (Å²) in [5.74, 6) is 1.52. The molecule has 0 fully saturated rings. The number of anilines is 1. The normalized spacial score (nSPS) is 11.7. The molecule has 0 radical (unpaired) electrons. The molecule has 0 bridgehead atoms. The number of hydrogen-bond acceptors (Lipinski definition) is 3. The van der Waals surface area contributed by atoms with E-state index in [0.717, 1.165) is 29.6 Å². The lowest BCUT2D eigenvalue weighted by Crippen LogP contribution is -2.24. The van der Waals surface area contributed by atoms with Crippen LogP contribution >= 0.6 is 11.6 Å². The zero-order valence-electron chi connectivity index (χ0n) is 10.8. The maximum atomic E-state index is 5.81. The number of nitrogens with one attached hydrogen (secondary N) is 1. The van der Waals surface area contributed by atoms with E-state index in [1.54, 1.807) is 6.20 Å². The molecule has 1 heterocycles. The molecule has 0 amide bonds. The van der Waals surface area contributed by atoms with Gasteiger partial charge in [0, 0.05) is 23.2 Å². The molecule has 2 aromatic rings. The minimum absolute atomic E-state index is 0.153. The number of benzene rings is 1. The van der Waals surface area contributed by atoms with E-state index in [2.05, 4.69) is 35.4 Å². The largest absolute Gasteiger partial charge is 0.368 e. The summed E-state index contributed by atoms with van der Waals surface area (Å²) in [7, 11) is 0. The van der Waals surface area contributed by atoms with Crippen molar-refractivity contribution < 1.29 is 0 Å². The Labute approximate surface area is 113 Å². The third-order valence-electron chi connectivity index (χ3n) is 3.08. The summed E-state index contributed by atoms with van der Waals surface area (Å²) in [6.45, 7) is 5.23. The first-order valence-electron chi connectivity index (χ1n) is 6.13. The molecule has 1 N–H and O–H groups in total. The van der Waals surface area contributed by atoms with Crippen LogP contribution in [0.25, 0.3) is 10.8 Å². The van der Waals surface area contributed by atoms with Gasteiger partial charge in [0.2, 0.25) is 0 Å². The fourth-order valence-corrected chi connectivity index (χ4v) is 2.34. The molecule has 3 nitrogen and oxygen atoms in total. The van der Waals surface area contributed by atoms with Crippen molar-refractivity contribution in [3.63, 3.8) is 0 Å². The van der Waals surface area contributed by atoms with Crippen molar-refractivity contribution in [1.29, 1.82) is 0 Å². The van der Waals surface area contributed by atoms with Crippen molar-refractivity contribution in [3.8, 4) is 0 Å². The highest BCUT2D eigenvalue weighted by molar-refractivity contribution is 6.17. The van der Waals surface area contributed by atoms with Crippen molar-refractivity contribution >= 4 is 28.2 Å². The lowest BCUT2D eigenvalue weighted by atomic mass is 9.90. The van der Waals surface area contributed by atoms with E-state index in [4.69, 9.17) is 11.6 Å². The average molecular weight is 264 g/mol. The molecule has 0 saturated heterocycles. The Hall–Kier alpha value is -1.35. The summed E-state index contributed by atoms with van der Waals surface area (Å²) < 4.78 is 0. The van der Waals surface area contributed by atoms with E-state index in [9.17, 15) is 0 Å². The van der Waals surface area contributed by atoms with E-state index in [-0.39, 0.29) is 5.41 Å². The van der Waals surface area contributed by atoms with Gasteiger partial charge in [-0.3, -0.25) is 0 Å². The molecule has 0 aliphatic carbocycles. The molecule has 4 heteroatoms. The topological polar surface area (TPSA) is 37.8 Å². The van der Waals surface area contributed by atoms with Gasteiger partial charge in [-0.2, -0.15) is 5.10 Å². The number of halogens is 1. The third kappa shape index (κ3) is 3.10. The Kier molecular flexibility index (Phi) is 4.02. The van der Waals surface area contributed by atoms with Crippen LogP contribution in [-0.2, 0) is 0 Å². The zero-order chi connectivity index (χ0) is 13.0. The highest BCUT2D eigenvalue weighted by Crippen LogP contribution is 2.24. The van der Waals surface area contributed by atoms with Crippen LogP contribution in [0.1, 0.15) is 20.3 Å². The number of fused-ring (bicyclic) bond motifs is 1. The van der Waals surface area contributed by atoms with E-state index in [1.165, 1.54) is 0 Å². The molecule has 1 aromatic carbocycles. The van der Waals surface area contributed by atoms with Gasteiger partial charge in [-0.25, -0.2) is 0 Å². The molecular formula is C14H18ClN3. The quantitative estimate of drug-likeness (QED) is 0.836. The van der Waals surface area contributed by atoms with Crippen molar-refractivity contribution in [3.05, 3.63) is 30.5 Å². The third-order valence-corrected chi connectivity index (χ3v) is 3.27. The smallest absolute Gasteiger partial charge is 0.156 e. The standard InChI is InChI=1S/C14H18ClN3/c1-14(2,7-8-15)10-16-13-12-6-4-3-5-11(12)9-17-18-13/h3-6,9H,7-8,10H2,1-2H3,(H,16,18). The number of rotatable bonds is 5. The maximum Gasteiger partial charge on any atom is 0.156 e. The van der Waals surface area contributed by atoms with E-state index in [0.29, 0.717) is 5.88 Å². The Morgan fingerprint density at radius 2 is 2.06 bits per heavy atom. The summed E-state index contributed by atoms with van der Waals surface area (Å²) >= 11 is 5.81. The summed E-state index contributed by atoms with van der Waals surface area (Å²) in [5, 5.41) is 13.8. The molecule has 0 atom stereocenters. The van der Waals surface area contributed by atoms with Crippen LogP contribution in [0.4, 0.5) is 5.82 Å². The molecule has 1 aromatic heterocycles. The van der Waals surface area contributed by atoms with Crippen LogP contribution in [0.5, 0.6) is 0 Å². The molecule has 0 unspecified atom stereocenters. The Morgan fingerprint density at radius 3 is 2.83 bits per heavy atom. The van der Waals surface area contributed by atoms with Gasteiger partial charge in [0.15, 0.2) is 5.82 Å². The second-order valence-corrected chi connectivity index (χ2v) is 5.62. The van der Waals surface area contributed by atoms with Crippen molar-refractivity contribution in [2.45, 2.75) is 20.3 Å². The SMILES string of the molecule is CC(C)(CCCl)CNc1nncc2ccccc12. The first kappa shape index (κ1) is 13.1. The molecule has 2 rings (SSSR count). The molecular weight excluding hydrogens is 246 g/mol. The highest BCUT2D eigenvalue weighted by Gasteiger charge is 2.17. The minimum Gasteiger partial charge on any atom is -0.368 e. The lowest BCUT2D eigenvalue weighted by molar-refractivity contribution is 0.379. The predicted octanol–water partition coefficient (Wildman–Crippen LogP) is 3.70.